The lowest BCUT2D eigenvalue weighted by molar-refractivity contribution is 0.105. The summed E-state index contributed by atoms with van der Waals surface area (Å²) < 4.78 is 0. The number of aryl methyl sites for hydroxylation is 1. The van der Waals surface area contributed by atoms with Crippen molar-refractivity contribution in [2.24, 2.45) is 0 Å². The molecule has 0 saturated carbocycles. The lowest BCUT2D eigenvalue weighted by atomic mass is 10.1. The highest BCUT2D eigenvalue weighted by Crippen LogP contribution is 2.26. The lowest BCUT2D eigenvalue weighted by Crippen LogP contribution is -2.26. The van der Waals surface area contributed by atoms with Crippen molar-refractivity contribution in [1.29, 1.82) is 0 Å². The predicted octanol–water partition coefficient (Wildman–Crippen LogP) is 1.61. The molecule has 0 fully saturated rings. The van der Waals surface area contributed by atoms with Gasteiger partial charge in [-0.2, -0.15) is 0 Å². The first-order valence-electron chi connectivity index (χ1n) is 6.50. The van der Waals surface area contributed by atoms with Gasteiger partial charge in [0.25, 0.3) is 0 Å². The maximum Gasteiger partial charge on any atom is 0.0942 e. The van der Waals surface area contributed by atoms with Crippen LogP contribution in [0.15, 0.2) is 18.2 Å². The SMILES string of the molecule is CCN(CC)c1ccc(C)cc1NCC(O)CO. The molecule has 1 aromatic carbocycles. The second kappa shape index (κ2) is 7.24. The third-order valence-electron chi connectivity index (χ3n) is 3.00. The van der Waals surface area contributed by atoms with E-state index in [9.17, 15) is 5.11 Å². The molecule has 0 aliphatic rings. The average molecular weight is 252 g/mol. The molecule has 0 aliphatic heterocycles. The molecule has 0 spiro atoms. The normalized spacial score (nSPS) is 12.3. The van der Waals surface area contributed by atoms with Crippen LogP contribution in [0.3, 0.4) is 0 Å². The molecule has 0 bridgehead atoms. The number of nitrogens with zero attached hydrogens (tertiary/aromatic N) is 1. The molecule has 1 aromatic rings. The molecule has 4 heteroatoms. The van der Waals surface area contributed by atoms with E-state index in [0.717, 1.165) is 24.5 Å². The van der Waals surface area contributed by atoms with Crippen LogP contribution in [0.1, 0.15) is 19.4 Å². The molecule has 0 saturated heterocycles. The summed E-state index contributed by atoms with van der Waals surface area (Å²) in [5, 5.41) is 21.4. The first-order chi connectivity index (χ1) is 8.62. The molecule has 4 nitrogen and oxygen atoms in total. The Morgan fingerprint density at radius 1 is 1.28 bits per heavy atom. The third kappa shape index (κ3) is 3.89. The van der Waals surface area contributed by atoms with Gasteiger partial charge in [0.05, 0.1) is 24.1 Å². The number of aliphatic hydroxyl groups is 2. The maximum absolute atomic E-state index is 9.41. The summed E-state index contributed by atoms with van der Waals surface area (Å²) >= 11 is 0. The Morgan fingerprint density at radius 2 is 1.94 bits per heavy atom. The highest BCUT2D eigenvalue weighted by molar-refractivity contribution is 5.71. The number of hydrogen-bond donors (Lipinski definition) is 3. The van der Waals surface area contributed by atoms with E-state index in [-0.39, 0.29) is 6.61 Å². The van der Waals surface area contributed by atoms with E-state index in [2.05, 4.69) is 42.3 Å². The van der Waals surface area contributed by atoms with Crippen LogP contribution < -0.4 is 10.2 Å². The van der Waals surface area contributed by atoms with E-state index in [1.807, 2.05) is 6.92 Å². The highest BCUT2D eigenvalue weighted by Gasteiger charge is 2.09. The van der Waals surface area contributed by atoms with Crippen molar-refractivity contribution >= 4 is 11.4 Å². The van der Waals surface area contributed by atoms with E-state index in [1.165, 1.54) is 5.56 Å². The van der Waals surface area contributed by atoms with Gasteiger partial charge in [0.1, 0.15) is 0 Å². The second-order valence-electron chi connectivity index (χ2n) is 4.41. The van der Waals surface area contributed by atoms with Gasteiger partial charge in [0, 0.05) is 19.6 Å². The summed E-state index contributed by atoms with van der Waals surface area (Å²) in [6.07, 6.45) is -0.727. The fourth-order valence-corrected chi connectivity index (χ4v) is 1.92. The monoisotopic (exact) mass is 252 g/mol. The van der Waals surface area contributed by atoms with Gasteiger partial charge >= 0.3 is 0 Å². The van der Waals surface area contributed by atoms with Crippen LogP contribution in [0, 0.1) is 6.92 Å². The summed E-state index contributed by atoms with van der Waals surface area (Å²) in [4.78, 5) is 2.26. The summed E-state index contributed by atoms with van der Waals surface area (Å²) in [6, 6.07) is 6.25. The van der Waals surface area contributed by atoms with Crippen LogP contribution in [0.2, 0.25) is 0 Å². The van der Waals surface area contributed by atoms with Crippen molar-refractivity contribution in [2.75, 3.05) is 36.5 Å². The number of nitrogens with one attached hydrogen (secondary N) is 1. The number of benzene rings is 1. The molecule has 0 aromatic heterocycles. The Balaban J connectivity index is 2.89. The van der Waals surface area contributed by atoms with Gasteiger partial charge in [-0.05, 0) is 38.5 Å². The van der Waals surface area contributed by atoms with Gasteiger partial charge in [-0.25, -0.2) is 0 Å². The van der Waals surface area contributed by atoms with Crippen LogP contribution in [0.4, 0.5) is 11.4 Å². The van der Waals surface area contributed by atoms with E-state index in [1.54, 1.807) is 0 Å². The van der Waals surface area contributed by atoms with E-state index < -0.39 is 6.10 Å². The zero-order chi connectivity index (χ0) is 13.5. The fraction of sp³-hybridized carbons (Fsp3) is 0.571. The standard InChI is InChI=1S/C14H24N2O2/c1-4-16(5-2)14-7-6-11(3)8-13(14)15-9-12(18)10-17/h6-8,12,15,17-18H,4-5,9-10H2,1-3H3. The minimum atomic E-state index is -0.727. The summed E-state index contributed by atoms with van der Waals surface area (Å²) in [7, 11) is 0. The number of aliphatic hydroxyl groups excluding tert-OH is 2. The molecule has 1 atom stereocenters. The van der Waals surface area contributed by atoms with Gasteiger partial charge in [-0.1, -0.05) is 6.07 Å². The molecule has 1 unspecified atom stereocenters. The van der Waals surface area contributed by atoms with Crippen LogP contribution in [0.5, 0.6) is 0 Å². The van der Waals surface area contributed by atoms with Crippen LogP contribution in [-0.2, 0) is 0 Å². The zero-order valence-electron chi connectivity index (χ0n) is 11.5. The Bertz CT molecular complexity index is 365. The molecule has 0 radical (unpaired) electrons. The molecule has 102 valence electrons. The topological polar surface area (TPSA) is 55.7 Å². The Kier molecular flexibility index (Phi) is 5.95. The summed E-state index contributed by atoms with van der Waals surface area (Å²) in [6.45, 7) is 8.30. The third-order valence-corrected chi connectivity index (χ3v) is 3.00. The predicted molar refractivity (Wildman–Crippen MR) is 76.3 cm³/mol. The molecule has 18 heavy (non-hydrogen) atoms. The zero-order valence-corrected chi connectivity index (χ0v) is 11.5. The first-order valence-corrected chi connectivity index (χ1v) is 6.50. The van der Waals surface area contributed by atoms with Crippen LogP contribution >= 0.6 is 0 Å². The van der Waals surface area contributed by atoms with Crippen molar-refractivity contribution in [2.45, 2.75) is 26.9 Å². The minimum absolute atomic E-state index is 0.223. The molecule has 3 N–H and O–H groups in total. The average Bonchev–Trinajstić information content (AvgIpc) is 2.39. The number of hydrogen-bond acceptors (Lipinski definition) is 4. The van der Waals surface area contributed by atoms with E-state index >= 15 is 0 Å². The molecular weight excluding hydrogens is 228 g/mol. The van der Waals surface area contributed by atoms with Crippen LogP contribution in [0.25, 0.3) is 0 Å². The van der Waals surface area contributed by atoms with E-state index in [4.69, 9.17) is 5.11 Å². The maximum atomic E-state index is 9.41. The smallest absolute Gasteiger partial charge is 0.0942 e. The Morgan fingerprint density at radius 3 is 2.50 bits per heavy atom. The quantitative estimate of drug-likeness (QED) is 0.690. The first kappa shape index (κ1) is 14.8. The van der Waals surface area contributed by atoms with Crippen molar-refractivity contribution in [3.63, 3.8) is 0 Å². The second-order valence-corrected chi connectivity index (χ2v) is 4.41. The lowest BCUT2D eigenvalue weighted by Gasteiger charge is -2.25. The minimum Gasteiger partial charge on any atom is -0.394 e. The molecular formula is C14H24N2O2. The molecule has 0 aliphatic carbocycles. The number of anilines is 2. The Labute approximate surface area is 109 Å². The van der Waals surface area contributed by atoms with Crippen molar-refractivity contribution < 1.29 is 10.2 Å². The van der Waals surface area contributed by atoms with Gasteiger partial charge in [-0.3, -0.25) is 0 Å². The van der Waals surface area contributed by atoms with Crippen molar-refractivity contribution in [3.05, 3.63) is 23.8 Å². The van der Waals surface area contributed by atoms with Gasteiger partial charge in [-0.15, -0.1) is 0 Å². The number of rotatable bonds is 7. The van der Waals surface area contributed by atoms with Gasteiger partial charge in [0.2, 0.25) is 0 Å². The van der Waals surface area contributed by atoms with Crippen molar-refractivity contribution in [1.82, 2.24) is 0 Å². The Hall–Kier alpha value is -1.26. The largest absolute Gasteiger partial charge is 0.394 e. The molecule has 1 rings (SSSR count). The summed E-state index contributed by atoms with van der Waals surface area (Å²) in [5.41, 5.74) is 3.31. The highest BCUT2D eigenvalue weighted by atomic mass is 16.3. The van der Waals surface area contributed by atoms with Gasteiger partial charge in [0.15, 0.2) is 0 Å². The molecule has 0 amide bonds. The fourth-order valence-electron chi connectivity index (χ4n) is 1.92. The van der Waals surface area contributed by atoms with Gasteiger partial charge < -0.3 is 20.4 Å². The molecule has 0 heterocycles. The van der Waals surface area contributed by atoms with E-state index in [0.29, 0.717) is 6.54 Å². The van der Waals surface area contributed by atoms with Crippen LogP contribution in [-0.4, -0.2) is 42.6 Å². The van der Waals surface area contributed by atoms with Crippen molar-refractivity contribution in [3.8, 4) is 0 Å². The summed E-state index contributed by atoms with van der Waals surface area (Å²) in [5.74, 6) is 0.